The second kappa shape index (κ2) is 6.58. The van der Waals surface area contributed by atoms with Crippen LogP contribution in [0.15, 0.2) is 0 Å². The molecule has 0 aromatic rings. The van der Waals surface area contributed by atoms with Gasteiger partial charge in [-0.2, -0.15) is 0 Å². The fourth-order valence-electron chi connectivity index (χ4n) is 2.42. The molecule has 0 spiro atoms. The van der Waals surface area contributed by atoms with Gasteiger partial charge in [-0.1, -0.05) is 6.92 Å². The van der Waals surface area contributed by atoms with Crippen LogP contribution < -0.4 is 5.32 Å². The van der Waals surface area contributed by atoms with Gasteiger partial charge in [0.15, 0.2) is 0 Å². The van der Waals surface area contributed by atoms with Gasteiger partial charge in [0.2, 0.25) is 5.91 Å². The molecule has 1 heterocycles. The van der Waals surface area contributed by atoms with Gasteiger partial charge in [0, 0.05) is 27.2 Å². The van der Waals surface area contributed by atoms with Crippen LogP contribution in [0.25, 0.3) is 0 Å². The van der Waals surface area contributed by atoms with Gasteiger partial charge in [-0.15, -0.1) is 0 Å². The Hall–Kier alpha value is -1.79. The molecule has 1 rings (SSSR count). The van der Waals surface area contributed by atoms with Crippen molar-refractivity contribution in [3.8, 4) is 0 Å². The van der Waals surface area contributed by atoms with Gasteiger partial charge in [-0.3, -0.25) is 9.59 Å². The van der Waals surface area contributed by atoms with Crippen LogP contribution in [-0.2, 0) is 9.59 Å². The van der Waals surface area contributed by atoms with Crippen molar-refractivity contribution >= 4 is 17.9 Å². The van der Waals surface area contributed by atoms with Crippen molar-refractivity contribution in [2.24, 2.45) is 11.8 Å². The molecule has 2 N–H and O–H groups in total. The Morgan fingerprint density at radius 2 is 1.90 bits per heavy atom. The third kappa shape index (κ3) is 4.11. The minimum atomic E-state index is -0.883. The Kier molecular flexibility index (Phi) is 5.35. The predicted molar refractivity (Wildman–Crippen MR) is 73.2 cm³/mol. The molecule has 1 aliphatic heterocycles. The number of likely N-dealkylation sites (N-methyl/N-ethyl adjacent to an activating group) is 1. The van der Waals surface area contributed by atoms with Crippen LogP contribution in [0.5, 0.6) is 0 Å². The molecule has 114 valence electrons. The number of carboxylic acids is 1. The van der Waals surface area contributed by atoms with E-state index in [2.05, 4.69) is 5.32 Å². The Balaban J connectivity index is 2.62. The van der Waals surface area contributed by atoms with Crippen LogP contribution in [0, 0.1) is 11.8 Å². The third-order valence-corrected chi connectivity index (χ3v) is 3.45. The number of carboxylic acid groups (broad SMARTS) is 1. The monoisotopic (exact) mass is 285 g/mol. The Morgan fingerprint density at radius 1 is 1.30 bits per heavy atom. The molecular formula is C13H23N3O4. The number of likely N-dealkylation sites (tertiary alicyclic amines) is 1. The number of amides is 3. The molecular weight excluding hydrogens is 262 g/mol. The van der Waals surface area contributed by atoms with E-state index in [1.165, 1.54) is 9.80 Å². The van der Waals surface area contributed by atoms with E-state index in [1.807, 2.05) is 6.92 Å². The summed E-state index contributed by atoms with van der Waals surface area (Å²) in [6.45, 7) is 4.24. The van der Waals surface area contributed by atoms with E-state index in [0.717, 1.165) is 0 Å². The number of rotatable bonds is 3. The summed E-state index contributed by atoms with van der Waals surface area (Å²) in [5.41, 5.74) is 0. The highest BCUT2D eigenvalue weighted by Crippen LogP contribution is 2.21. The third-order valence-electron chi connectivity index (χ3n) is 3.45. The summed E-state index contributed by atoms with van der Waals surface area (Å²) < 4.78 is 0. The number of carbonyl (C=O) groups excluding carboxylic acids is 2. The van der Waals surface area contributed by atoms with Gasteiger partial charge >= 0.3 is 12.0 Å². The molecule has 3 unspecified atom stereocenters. The van der Waals surface area contributed by atoms with Gasteiger partial charge in [-0.25, -0.2) is 4.79 Å². The summed E-state index contributed by atoms with van der Waals surface area (Å²) in [7, 11) is 3.24. The molecule has 0 aliphatic carbocycles. The summed E-state index contributed by atoms with van der Waals surface area (Å²) in [5, 5.41) is 11.7. The van der Waals surface area contributed by atoms with E-state index in [-0.39, 0.29) is 24.4 Å². The molecule has 0 aromatic carbocycles. The number of hydrogen-bond acceptors (Lipinski definition) is 3. The number of piperidine rings is 1. The van der Waals surface area contributed by atoms with Crippen LogP contribution in [0.2, 0.25) is 0 Å². The number of hydrogen-bond donors (Lipinski definition) is 2. The van der Waals surface area contributed by atoms with Crippen molar-refractivity contribution in [2.75, 3.05) is 27.2 Å². The maximum atomic E-state index is 12.1. The maximum absolute atomic E-state index is 12.1. The van der Waals surface area contributed by atoms with Crippen LogP contribution >= 0.6 is 0 Å². The second-order valence-electron chi connectivity index (χ2n) is 5.68. The predicted octanol–water partition coefficient (Wildman–Crippen LogP) is 0.215. The summed E-state index contributed by atoms with van der Waals surface area (Å²) >= 11 is 0. The summed E-state index contributed by atoms with van der Waals surface area (Å²) in [6.07, 6.45) is 0.575. The van der Waals surface area contributed by atoms with Crippen LogP contribution in [0.1, 0.15) is 20.3 Å². The van der Waals surface area contributed by atoms with Crippen LogP contribution in [0.3, 0.4) is 0 Å². The Bertz CT molecular complexity index is 397. The molecule has 0 radical (unpaired) electrons. The molecule has 1 aliphatic rings. The van der Waals surface area contributed by atoms with E-state index in [0.29, 0.717) is 13.0 Å². The number of nitrogens with one attached hydrogen (secondary N) is 1. The standard InChI is InChI=1S/C13H23N3O4/c1-8-5-10(12(18)19)7-16(6-8)13(20)14-9(2)11(17)15(3)4/h8-10H,5-7H2,1-4H3,(H,14,20)(H,18,19). The average molecular weight is 285 g/mol. The van der Waals surface area contributed by atoms with Crippen molar-refractivity contribution in [1.29, 1.82) is 0 Å². The van der Waals surface area contributed by atoms with Crippen molar-refractivity contribution in [1.82, 2.24) is 15.1 Å². The Morgan fingerprint density at radius 3 is 2.40 bits per heavy atom. The molecule has 7 heteroatoms. The zero-order valence-electron chi connectivity index (χ0n) is 12.4. The summed E-state index contributed by atoms with van der Waals surface area (Å²) in [4.78, 5) is 37.8. The Labute approximate surface area is 118 Å². The lowest BCUT2D eigenvalue weighted by Gasteiger charge is -2.35. The highest BCUT2D eigenvalue weighted by molar-refractivity contribution is 5.86. The highest BCUT2D eigenvalue weighted by atomic mass is 16.4. The lowest BCUT2D eigenvalue weighted by Crippen LogP contribution is -2.53. The SMILES string of the molecule is CC1CC(C(=O)O)CN(C(=O)NC(C)C(=O)N(C)C)C1. The topological polar surface area (TPSA) is 90.0 Å². The molecule has 0 aromatic heterocycles. The largest absolute Gasteiger partial charge is 0.481 e. The zero-order valence-corrected chi connectivity index (χ0v) is 12.4. The van der Waals surface area contributed by atoms with E-state index >= 15 is 0 Å². The first-order chi connectivity index (χ1) is 9.22. The number of urea groups is 1. The summed E-state index contributed by atoms with van der Waals surface area (Å²) in [6, 6.07) is -1.01. The fraction of sp³-hybridized carbons (Fsp3) is 0.769. The molecule has 3 atom stereocenters. The minimum absolute atomic E-state index is 0.135. The molecule has 1 fully saturated rings. The van der Waals surface area contributed by atoms with Crippen molar-refractivity contribution in [2.45, 2.75) is 26.3 Å². The van der Waals surface area contributed by atoms with Gasteiger partial charge in [0.1, 0.15) is 6.04 Å². The van der Waals surface area contributed by atoms with E-state index in [1.54, 1.807) is 21.0 Å². The van der Waals surface area contributed by atoms with E-state index in [9.17, 15) is 14.4 Å². The molecule has 1 saturated heterocycles. The molecule has 0 bridgehead atoms. The summed E-state index contributed by atoms with van der Waals surface area (Å²) in [5.74, 6) is -1.48. The van der Waals surface area contributed by atoms with E-state index in [4.69, 9.17) is 5.11 Å². The maximum Gasteiger partial charge on any atom is 0.318 e. The van der Waals surface area contributed by atoms with Crippen molar-refractivity contribution in [3.05, 3.63) is 0 Å². The molecule has 0 saturated carbocycles. The fourth-order valence-corrected chi connectivity index (χ4v) is 2.42. The van der Waals surface area contributed by atoms with Crippen molar-refractivity contribution in [3.63, 3.8) is 0 Å². The first-order valence-corrected chi connectivity index (χ1v) is 6.71. The quantitative estimate of drug-likeness (QED) is 0.776. The first-order valence-electron chi connectivity index (χ1n) is 6.71. The van der Waals surface area contributed by atoms with Gasteiger partial charge in [-0.05, 0) is 19.3 Å². The van der Waals surface area contributed by atoms with Crippen LogP contribution in [0.4, 0.5) is 4.79 Å². The first kappa shape index (κ1) is 16.3. The normalized spacial score (nSPS) is 23.9. The van der Waals surface area contributed by atoms with Crippen LogP contribution in [-0.4, -0.2) is 66.0 Å². The zero-order chi connectivity index (χ0) is 15.4. The lowest BCUT2D eigenvalue weighted by molar-refractivity contribution is -0.143. The van der Waals surface area contributed by atoms with Gasteiger partial charge in [0.25, 0.3) is 0 Å². The lowest BCUT2D eigenvalue weighted by atomic mass is 9.91. The van der Waals surface area contributed by atoms with Gasteiger partial charge in [0.05, 0.1) is 5.92 Å². The minimum Gasteiger partial charge on any atom is -0.481 e. The number of nitrogens with zero attached hydrogens (tertiary/aromatic N) is 2. The van der Waals surface area contributed by atoms with Gasteiger partial charge < -0.3 is 20.2 Å². The number of carbonyl (C=O) groups is 3. The average Bonchev–Trinajstić information content (AvgIpc) is 2.36. The molecule has 3 amide bonds. The molecule has 7 nitrogen and oxygen atoms in total. The smallest absolute Gasteiger partial charge is 0.318 e. The second-order valence-corrected chi connectivity index (χ2v) is 5.68. The molecule has 20 heavy (non-hydrogen) atoms. The highest BCUT2D eigenvalue weighted by Gasteiger charge is 2.32. The van der Waals surface area contributed by atoms with Crippen molar-refractivity contribution < 1.29 is 19.5 Å². The number of aliphatic carboxylic acids is 1. The van der Waals surface area contributed by atoms with E-state index < -0.39 is 17.9 Å².